The highest BCUT2D eigenvalue weighted by molar-refractivity contribution is 9.10. The van der Waals surface area contributed by atoms with Crippen molar-refractivity contribution in [2.75, 3.05) is 0 Å². The van der Waals surface area contributed by atoms with Crippen molar-refractivity contribution in [2.24, 2.45) is 0 Å². The van der Waals surface area contributed by atoms with Gasteiger partial charge in [0.25, 0.3) is 0 Å². The van der Waals surface area contributed by atoms with Crippen LogP contribution < -0.4 is 0 Å². The SMILES string of the molecule is O=C(O)c1cc(CSc2ccccc2Br)on1. The van der Waals surface area contributed by atoms with Crippen LogP contribution in [-0.4, -0.2) is 16.2 Å². The van der Waals surface area contributed by atoms with Crippen LogP contribution in [0.2, 0.25) is 0 Å². The summed E-state index contributed by atoms with van der Waals surface area (Å²) >= 11 is 4.99. The summed E-state index contributed by atoms with van der Waals surface area (Å²) < 4.78 is 5.92. The highest BCUT2D eigenvalue weighted by Gasteiger charge is 2.11. The molecule has 0 unspecified atom stereocenters. The molecule has 0 saturated heterocycles. The van der Waals surface area contributed by atoms with Crippen molar-refractivity contribution in [3.63, 3.8) is 0 Å². The highest BCUT2D eigenvalue weighted by atomic mass is 79.9. The second kappa shape index (κ2) is 5.37. The Morgan fingerprint density at radius 2 is 2.24 bits per heavy atom. The van der Waals surface area contributed by atoms with Crippen LogP contribution >= 0.6 is 27.7 Å². The van der Waals surface area contributed by atoms with E-state index in [9.17, 15) is 4.79 Å². The van der Waals surface area contributed by atoms with E-state index in [4.69, 9.17) is 9.63 Å². The summed E-state index contributed by atoms with van der Waals surface area (Å²) in [7, 11) is 0. The van der Waals surface area contributed by atoms with Crippen molar-refractivity contribution < 1.29 is 14.4 Å². The molecule has 6 heteroatoms. The zero-order valence-corrected chi connectivity index (χ0v) is 11.0. The molecule has 0 aliphatic rings. The number of carboxylic acids is 1. The van der Waals surface area contributed by atoms with Crippen molar-refractivity contribution in [3.05, 3.63) is 46.3 Å². The molecule has 0 spiro atoms. The lowest BCUT2D eigenvalue weighted by atomic mass is 10.4. The van der Waals surface area contributed by atoms with E-state index in [-0.39, 0.29) is 5.69 Å². The van der Waals surface area contributed by atoms with Gasteiger partial charge in [0.1, 0.15) is 5.76 Å². The fraction of sp³-hybridized carbons (Fsp3) is 0.0909. The Kier molecular flexibility index (Phi) is 3.86. The zero-order valence-electron chi connectivity index (χ0n) is 8.59. The highest BCUT2D eigenvalue weighted by Crippen LogP contribution is 2.29. The third-order valence-corrected chi connectivity index (χ3v) is 4.03. The van der Waals surface area contributed by atoms with Crippen LogP contribution in [0.3, 0.4) is 0 Å². The average molecular weight is 314 g/mol. The first-order chi connectivity index (χ1) is 8.16. The molecule has 1 aromatic heterocycles. The minimum Gasteiger partial charge on any atom is -0.476 e. The van der Waals surface area contributed by atoms with Gasteiger partial charge < -0.3 is 9.63 Å². The molecule has 2 aromatic rings. The van der Waals surface area contributed by atoms with Gasteiger partial charge in [0.2, 0.25) is 0 Å². The third kappa shape index (κ3) is 3.10. The quantitative estimate of drug-likeness (QED) is 0.876. The maximum atomic E-state index is 10.6. The van der Waals surface area contributed by atoms with Gasteiger partial charge in [-0.3, -0.25) is 0 Å². The summed E-state index contributed by atoms with van der Waals surface area (Å²) in [6.07, 6.45) is 0. The molecule has 17 heavy (non-hydrogen) atoms. The molecular weight excluding hydrogens is 306 g/mol. The van der Waals surface area contributed by atoms with E-state index in [1.807, 2.05) is 24.3 Å². The largest absolute Gasteiger partial charge is 0.476 e. The number of rotatable bonds is 4. The average Bonchev–Trinajstić information content (AvgIpc) is 2.77. The molecule has 4 nitrogen and oxygen atoms in total. The summed E-state index contributed by atoms with van der Waals surface area (Å²) in [6.45, 7) is 0. The summed E-state index contributed by atoms with van der Waals surface area (Å²) in [5.41, 5.74) is -0.0623. The third-order valence-electron chi connectivity index (χ3n) is 1.98. The Morgan fingerprint density at radius 3 is 2.88 bits per heavy atom. The van der Waals surface area contributed by atoms with E-state index in [0.717, 1.165) is 9.37 Å². The number of hydrogen-bond acceptors (Lipinski definition) is 4. The summed E-state index contributed by atoms with van der Waals surface area (Å²) in [6, 6.07) is 9.24. The van der Waals surface area contributed by atoms with Gasteiger partial charge in [-0.1, -0.05) is 17.3 Å². The first-order valence-corrected chi connectivity index (χ1v) is 6.51. The van der Waals surface area contributed by atoms with E-state index in [1.165, 1.54) is 6.07 Å². The molecule has 0 fully saturated rings. The van der Waals surface area contributed by atoms with E-state index in [1.54, 1.807) is 11.8 Å². The molecule has 0 bridgehead atoms. The molecule has 0 aliphatic heterocycles. The number of aromatic nitrogens is 1. The van der Waals surface area contributed by atoms with E-state index >= 15 is 0 Å². The Labute approximate surface area is 110 Å². The minimum atomic E-state index is -1.08. The Bertz CT molecular complexity index is 541. The number of carbonyl (C=O) groups is 1. The van der Waals surface area contributed by atoms with Crippen LogP contribution in [0.15, 0.2) is 44.2 Å². The van der Waals surface area contributed by atoms with Crippen LogP contribution in [0.25, 0.3) is 0 Å². The predicted octanol–water partition coefficient (Wildman–Crippen LogP) is 3.43. The Balaban J connectivity index is 2.02. The number of benzene rings is 1. The first-order valence-electron chi connectivity index (χ1n) is 4.73. The number of hydrogen-bond donors (Lipinski definition) is 1. The fourth-order valence-corrected chi connectivity index (χ4v) is 2.64. The molecule has 0 saturated carbocycles. The number of carboxylic acid groups (broad SMARTS) is 1. The molecular formula is C11H8BrNO3S. The predicted molar refractivity (Wildman–Crippen MR) is 67.2 cm³/mol. The van der Waals surface area contributed by atoms with E-state index < -0.39 is 5.97 Å². The maximum Gasteiger partial charge on any atom is 0.358 e. The molecule has 1 aromatic carbocycles. The number of nitrogens with zero attached hydrogens (tertiary/aromatic N) is 1. The first kappa shape index (κ1) is 12.2. The summed E-state index contributed by atoms with van der Waals surface area (Å²) in [5, 5.41) is 12.1. The van der Waals surface area contributed by atoms with E-state index in [0.29, 0.717) is 11.5 Å². The normalized spacial score (nSPS) is 10.4. The van der Waals surface area contributed by atoms with Crippen molar-refractivity contribution in [2.45, 2.75) is 10.6 Å². The van der Waals surface area contributed by atoms with Gasteiger partial charge in [-0.2, -0.15) is 0 Å². The molecule has 88 valence electrons. The maximum absolute atomic E-state index is 10.6. The lowest BCUT2D eigenvalue weighted by Crippen LogP contribution is -1.94. The Hall–Kier alpha value is -1.27. The van der Waals surface area contributed by atoms with Crippen molar-refractivity contribution in [1.82, 2.24) is 5.16 Å². The fourth-order valence-electron chi connectivity index (χ4n) is 1.19. The van der Waals surface area contributed by atoms with Gasteiger partial charge in [0, 0.05) is 15.4 Å². The smallest absolute Gasteiger partial charge is 0.358 e. The lowest BCUT2D eigenvalue weighted by molar-refractivity contribution is 0.0685. The van der Waals surface area contributed by atoms with Gasteiger partial charge in [0.05, 0.1) is 5.75 Å². The monoisotopic (exact) mass is 313 g/mol. The molecule has 0 aliphatic carbocycles. The van der Waals surface area contributed by atoms with Gasteiger partial charge >= 0.3 is 5.97 Å². The lowest BCUT2D eigenvalue weighted by Gasteiger charge is -2.00. The van der Waals surface area contributed by atoms with Gasteiger partial charge in [-0.05, 0) is 28.1 Å². The number of halogens is 1. The molecule has 2 rings (SSSR count). The van der Waals surface area contributed by atoms with Gasteiger partial charge in [-0.15, -0.1) is 11.8 Å². The van der Waals surface area contributed by atoms with Crippen LogP contribution in [0, 0.1) is 0 Å². The van der Waals surface area contributed by atoms with Crippen molar-refractivity contribution in [3.8, 4) is 0 Å². The molecule has 0 amide bonds. The van der Waals surface area contributed by atoms with Crippen LogP contribution in [0.5, 0.6) is 0 Å². The van der Waals surface area contributed by atoms with Crippen LogP contribution in [0.1, 0.15) is 16.2 Å². The van der Waals surface area contributed by atoms with Gasteiger partial charge in [0.15, 0.2) is 5.69 Å². The van der Waals surface area contributed by atoms with E-state index in [2.05, 4.69) is 21.1 Å². The van der Waals surface area contributed by atoms with Gasteiger partial charge in [-0.25, -0.2) is 4.79 Å². The standard InChI is InChI=1S/C11H8BrNO3S/c12-8-3-1-2-4-10(8)17-6-7-5-9(11(14)15)13-16-7/h1-5H,6H2,(H,14,15). The van der Waals surface area contributed by atoms with Crippen LogP contribution in [-0.2, 0) is 5.75 Å². The minimum absolute atomic E-state index is 0.0623. The van der Waals surface area contributed by atoms with Crippen LogP contribution in [0.4, 0.5) is 0 Å². The molecule has 1 N–H and O–H groups in total. The molecule has 0 radical (unpaired) electrons. The summed E-state index contributed by atoms with van der Waals surface area (Å²) in [5.74, 6) is 0.0112. The Morgan fingerprint density at radius 1 is 1.47 bits per heavy atom. The zero-order chi connectivity index (χ0) is 12.3. The topological polar surface area (TPSA) is 63.3 Å². The number of aromatic carboxylic acids is 1. The molecule has 1 heterocycles. The summed E-state index contributed by atoms with van der Waals surface area (Å²) in [4.78, 5) is 11.7. The van der Waals surface area contributed by atoms with Crippen molar-refractivity contribution in [1.29, 1.82) is 0 Å². The second-order valence-electron chi connectivity index (χ2n) is 3.20. The van der Waals surface area contributed by atoms with Crippen molar-refractivity contribution >= 4 is 33.7 Å². The molecule has 0 atom stereocenters. The second-order valence-corrected chi connectivity index (χ2v) is 5.07. The number of thioether (sulfide) groups is 1.